The van der Waals surface area contributed by atoms with Gasteiger partial charge < -0.3 is 9.42 Å². The number of aromatic nitrogens is 2. The van der Waals surface area contributed by atoms with Gasteiger partial charge in [0.05, 0.1) is 11.1 Å². The van der Waals surface area contributed by atoms with Gasteiger partial charge in [-0.3, -0.25) is 19.3 Å². The number of benzene rings is 2. The standard InChI is InChI=1S/C23H22N4O4/c1-15(2)27(14-19-24-21(25-31-19)16-8-4-3-5-9-16)20(28)12-13-26-22(29)17-10-6-7-11-18(17)23(26)30/h3-11,15H,12-14H2,1-2H3. The lowest BCUT2D eigenvalue weighted by Gasteiger charge is -2.26. The second-order valence-corrected chi connectivity index (χ2v) is 7.55. The van der Waals surface area contributed by atoms with Crippen LogP contribution in [0.4, 0.5) is 0 Å². The number of imide groups is 1. The number of fused-ring (bicyclic) bond motifs is 1. The number of rotatable bonds is 7. The van der Waals surface area contributed by atoms with Crippen LogP contribution in [-0.2, 0) is 11.3 Å². The summed E-state index contributed by atoms with van der Waals surface area (Å²) in [5.74, 6) is -0.159. The number of nitrogens with zero attached hydrogens (tertiary/aromatic N) is 4. The predicted molar refractivity (Wildman–Crippen MR) is 112 cm³/mol. The van der Waals surface area contributed by atoms with E-state index in [-0.39, 0.29) is 43.3 Å². The van der Waals surface area contributed by atoms with Gasteiger partial charge in [0.15, 0.2) is 0 Å². The molecular formula is C23H22N4O4. The summed E-state index contributed by atoms with van der Waals surface area (Å²) in [5.41, 5.74) is 1.57. The Balaban J connectivity index is 1.41. The van der Waals surface area contributed by atoms with E-state index in [1.807, 2.05) is 44.2 Å². The zero-order valence-electron chi connectivity index (χ0n) is 17.3. The average molecular weight is 418 g/mol. The molecule has 31 heavy (non-hydrogen) atoms. The van der Waals surface area contributed by atoms with Crippen molar-refractivity contribution in [1.29, 1.82) is 0 Å². The third-order valence-electron chi connectivity index (χ3n) is 5.18. The highest BCUT2D eigenvalue weighted by atomic mass is 16.5. The van der Waals surface area contributed by atoms with Gasteiger partial charge in [0.25, 0.3) is 11.8 Å². The first-order valence-corrected chi connectivity index (χ1v) is 10.1. The number of amides is 3. The molecule has 0 bridgehead atoms. The summed E-state index contributed by atoms with van der Waals surface area (Å²) in [6.45, 7) is 3.94. The van der Waals surface area contributed by atoms with Crippen LogP contribution in [0.3, 0.4) is 0 Å². The summed E-state index contributed by atoms with van der Waals surface area (Å²) in [5, 5.41) is 3.99. The minimum absolute atomic E-state index is 0.0172. The van der Waals surface area contributed by atoms with Crippen molar-refractivity contribution in [3.8, 4) is 11.4 Å². The zero-order chi connectivity index (χ0) is 22.0. The Morgan fingerprint density at radius 1 is 1.00 bits per heavy atom. The summed E-state index contributed by atoms with van der Waals surface area (Å²) < 4.78 is 5.33. The van der Waals surface area contributed by atoms with Gasteiger partial charge in [-0.25, -0.2) is 0 Å². The quantitative estimate of drug-likeness (QED) is 0.547. The van der Waals surface area contributed by atoms with Gasteiger partial charge in [0.1, 0.15) is 6.54 Å². The smallest absolute Gasteiger partial charge is 0.261 e. The maximum Gasteiger partial charge on any atom is 0.261 e. The average Bonchev–Trinajstić information content (AvgIpc) is 3.34. The number of hydrogen-bond acceptors (Lipinski definition) is 6. The molecule has 0 unspecified atom stereocenters. The van der Waals surface area contributed by atoms with Gasteiger partial charge in [-0.15, -0.1) is 0 Å². The Hall–Kier alpha value is -3.81. The van der Waals surface area contributed by atoms with Gasteiger partial charge in [-0.05, 0) is 26.0 Å². The molecule has 0 N–H and O–H groups in total. The molecule has 0 radical (unpaired) electrons. The van der Waals surface area contributed by atoms with Crippen molar-refractivity contribution in [2.24, 2.45) is 0 Å². The molecule has 158 valence electrons. The van der Waals surface area contributed by atoms with Gasteiger partial charge in [0, 0.05) is 24.6 Å². The molecule has 4 rings (SSSR count). The van der Waals surface area contributed by atoms with Crippen LogP contribution in [-0.4, -0.2) is 50.2 Å². The Morgan fingerprint density at radius 2 is 1.61 bits per heavy atom. The van der Waals surface area contributed by atoms with E-state index in [0.29, 0.717) is 22.8 Å². The maximum absolute atomic E-state index is 12.9. The normalized spacial score (nSPS) is 13.1. The van der Waals surface area contributed by atoms with E-state index < -0.39 is 0 Å². The summed E-state index contributed by atoms with van der Waals surface area (Å²) in [6.07, 6.45) is 0.0172. The van der Waals surface area contributed by atoms with E-state index in [4.69, 9.17) is 4.52 Å². The SMILES string of the molecule is CC(C)N(Cc1nc(-c2ccccc2)no1)C(=O)CCN1C(=O)c2ccccc2C1=O. The van der Waals surface area contributed by atoms with Crippen LogP contribution in [0.25, 0.3) is 11.4 Å². The third kappa shape index (κ3) is 4.09. The van der Waals surface area contributed by atoms with Crippen molar-refractivity contribution >= 4 is 17.7 Å². The molecule has 0 atom stereocenters. The van der Waals surface area contributed by atoms with Crippen LogP contribution in [0.1, 0.15) is 46.9 Å². The Kier molecular flexibility index (Phi) is 5.62. The molecule has 8 heteroatoms. The Morgan fingerprint density at radius 3 is 2.23 bits per heavy atom. The molecule has 0 saturated heterocycles. The summed E-state index contributed by atoms with van der Waals surface area (Å²) in [7, 11) is 0. The van der Waals surface area contributed by atoms with E-state index in [9.17, 15) is 14.4 Å². The van der Waals surface area contributed by atoms with Crippen molar-refractivity contribution in [2.75, 3.05) is 6.54 Å². The van der Waals surface area contributed by atoms with Crippen LogP contribution in [0.5, 0.6) is 0 Å². The molecule has 1 aliphatic heterocycles. The summed E-state index contributed by atoms with van der Waals surface area (Å²) in [4.78, 5) is 45.0. The van der Waals surface area contributed by atoms with E-state index in [1.54, 1.807) is 29.2 Å². The van der Waals surface area contributed by atoms with Gasteiger partial charge in [-0.1, -0.05) is 47.6 Å². The van der Waals surface area contributed by atoms with Gasteiger partial charge in [0.2, 0.25) is 17.6 Å². The van der Waals surface area contributed by atoms with E-state index in [0.717, 1.165) is 10.5 Å². The van der Waals surface area contributed by atoms with E-state index in [2.05, 4.69) is 10.1 Å². The molecule has 1 aromatic heterocycles. The van der Waals surface area contributed by atoms with Crippen LogP contribution in [0, 0.1) is 0 Å². The maximum atomic E-state index is 12.9. The van der Waals surface area contributed by atoms with Crippen molar-refractivity contribution < 1.29 is 18.9 Å². The third-order valence-corrected chi connectivity index (χ3v) is 5.18. The van der Waals surface area contributed by atoms with Gasteiger partial charge >= 0.3 is 0 Å². The van der Waals surface area contributed by atoms with Crippen LogP contribution in [0.2, 0.25) is 0 Å². The molecule has 0 fully saturated rings. The lowest BCUT2D eigenvalue weighted by atomic mass is 10.1. The Labute approximate surface area is 179 Å². The van der Waals surface area contributed by atoms with Crippen molar-refractivity contribution in [1.82, 2.24) is 19.9 Å². The lowest BCUT2D eigenvalue weighted by molar-refractivity contribution is -0.134. The first-order valence-electron chi connectivity index (χ1n) is 10.1. The monoisotopic (exact) mass is 418 g/mol. The summed E-state index contributed by atoms with van der Waals surface area (Å²) >= 11 is 0. The van der Waals surface area contributed by atoms with Crippen molar-refractivity contribution in [3.63, 3.8) is 0 Å². The van der Waals surface area contributed by atoms with Crippen LogP contribution in [0.15, 0.2) is 59.1 Å². The Bertz CT molecular complexity index is 1090. The fourth-order valence-electron chi connectivity index (χ4n) is 3.52. The minimum Gasteiger partial charge on any atom is -0.337 e. The van der Waals surface area contributed by atoms with Crippen molar-refractivity contribution in [3.05, 3.63) is 71.6 Å². The number of carbonyl (C=O) groups excluding carboxylic acids is 3. The predicted octanol–water partition coefficient (Wildman–Crippen LogP) is 3.16. The first-order chi connectivity index (χ1) is 15.0. The van der Waals surface area contributed by atoms with Crippen molar-refractivity contribution in [2.45, 2.75) is 32.9 Å². The molecule has 3 aromatic rings. The van der Waals surface area contributed by atoms with E-state index >= 15 is 0 Å². The molecule has 0 spiro atoms. The van der Waals surface area contributed by atoms with Crippen LogP contribution >= 0.6 is 0 Å². The highest BCUT2D eigenvalue weighted by Gasteiger charge is 2.35. The molecule has 1 aliphatic rings. The molecule has 8 nitrogen and oxygen atoms in total. The highest BCUT2D eigenvalue weighted by Crippen LogP contribution is 2.23. The summed E-state index contributed by atoms with van der Waals surface area (Å²) in [6, 6.07) is 16.0. The second kappa shape index (κ2) is 8.51. The minimum atomic E-state index is -0.367. The fraction of sp³-hybridized carbons (Fsp3) is 0.261. The largest absolute Gasteiger partial charge is 0.337 e. The van der Waals surface area contributed by atoms with Crippen LogP contribution < -0.4 is 0 Å². The van der Waals surface area contributed by atoms with Gasteiger partial charge in [-0.2, -0.15) is 4.98 Å². The van der Waals surface area contributed by atoms with E-state index in [1.165, 1.54) is 0 Å². The first kappa shape index (κ1) is 20.5. The molecule has 3 amide bonds. The zero-order valence-corrected chi connectivity index (χ0v) is 17.3. The molecule has 2 aromatic carbocycles. The molecule has 2 heterocycles. The molecular weight excluding hydrogens is 396 g/mol. The lowest BCUT2D eigenvalue weighted by Crippen LogP contribution is -2.39. The molecule has 0 aliphatic carbocycles. The second-order valence-electron chi connectivity index (χ2n) is 7.55. The highest BCUT2D eigenvalue weighted by molar-refractivity contribution is 6.21. The molecule has 0 saturated carbocycles. The fourth-order valence-corrected chi connectivity index (χ4v) is 3.52. The topological polar surface area (TPSA) is 96.6 Å². The number of carbonyl (C=O) groups is 3. The number of hydrogen-bond donors (Lipinski definition) is 0.